The average molecular weight is 393 g/mol. The zero-order chi connectivity index (χ0) is 20.8. The third-order valence-electron chi connectivity index (χ3n) is 4.52. The van der Waals surface area contributed by atoms with Gasteiger partial charge in [-0.05, 0) is 43.3 Å². The molecule has 0 atom stereocenters. The lowest BCUT2D eigenvalue weighted by Crippen LogP contribution is -2.37. The molecule has 3 rings (SSSR count). The molecule has 0 fully saturated rings. The Bertz CT molecular complexity index is 1050. The summed E-state index contributed by atoms with van der Waals surface area (Å²) in [6.45, 7) is 2.21. The fourth-order valence-corrected chi connectivity index (χ4v) is 3.04. The van der Waals surface area contributed by atoms with Crippen LogP contribution in [0.5, 0.6) is 11.5 Å². The van der Waals surface area contributed by atoms with Crippen LogP contribution < -0.4 is 19.9 Å². The van der Waals surface area contributed by atoms with E-state index in [9.17, 15) is 9.59 Å². The van der Waals surface area contributed by atoms with Crippen molar-refractivity contribution < 1.29 is 14.3 Å². The van der Waals surface area contributed by atoms with E-state index in [0.717, 1.165) is 5.69 Å². The van der Waals surface area contributed by atoms with Crippen molar-refractivity contribution in [2.75, 3.05) is 25.7 Å². The van der Waals surface area contributed by atoms with Crippen molar-refractivity contribution >= 4 is 11.6 Å². The normalized spacial score (nSPS) is 10.4. The molecule has 7 nitrogen and oxygen atoms in total. The molecule has 0 radical (unpaired) electrons. The Morgan fingerprint density at radius 1 is 1.03 bits per heavy atom. The molecule has 3 aromatic rings. The molecule has 0 saturated carbocycles. The van der Waals surface area contributed by atoms with Gasteiger partial charge in [-0.2, -0.15) is 5.10 Å². The first-order valence-corrected chi connectivity index (χ1v) is 9.23. The van der Waals surface area contributed by atoms with Crippen LogP contribution in [-0.2, 0) is 11.3 Å². The molecule has 29 heavy (non-hydrogen) atoms. The maximum Gasteiger partial charge on any atom is 0.267 e. The predicted molar refractivity (Wildman–Crippen MR) is 112 cm³/mol. The number of carbonyl (C=O) groups is 1. The minimum absolute atomic E-state index is 0.165. The van der Waals surface area contributed by atoms with Gasteiger partial charge in [0.2, 0.25) is 5.91 Å². The largest absolute Gasteiger partial charge is 0.497 e. The maximum atomic E-state index is 12.8. The highest BCUT2D eigenvalue weighted by molar-refractivity contribution is 5.93. The first kappa shape index (κ1) is 20.1. The van der Waals surface area contributed by atoms with Crippen LogP contribution in [0.25, 0.3) is 11.3 Å². The van der Waals surface area contributed by atoms with Crippen LogP contribution in [0.15, 0.2) is 65.5 Å². The molecule has 1 aromatic heterocycles. The van der Waals surface area contributed by atoms with Gasteiger partial charge in [-0.3, -0.25) is 9.59 Å². The molecule has 150 valence electrons. The van der Waals surface area contributed by atoms with Gasteiger partial charge in [0.25, 0.3) is 5.56 Å². The van der Waals surface area contributed by atoms with Crippen molar-refractivity contribution in [3.63, 3.8) is 0 Å². The van der Waals surface area contributed by atoms with Crippen LogP contribution in [-0.4, -0.2) is 36.5 Å². The number of hydrogen-bond donors (Lipinski definition) is 0. The SMILES string of the molecule is CCN(C(=O)Cn1nc(-c2cc(OC)ccc2OC)ccc1=O)c1ccccc1. The smallest absolute Gasteiger partial charge is 0.267 e. The summed E-state index contributed by atoms with van der Waals surface area (Å²) < 4.78 is 11.9. The number of methoxy groups -OCH3 is 2. The van der Waals surface area contributed by atoms with Gasteiger partial charge in [0.05, 0.1) is 19.9 Å². The summed E-state index contributed by atoms with van der Waals surface area (Å²) >= 11 is 0. The van der Waals surface area contributed by atoms with Crippen molar-refractivity contribution in [2.24, 2.45) is 0 Å². The highest BCUT2D eigenvalue weighted by Crippen LogP contribution is 2.31. The van der Waals surface area contributed by atoms with Crippen LogP contribution >= 0.6 is 0 Å². The topological polar surface area (TPSA) is 73.7 Å². The molecule has 2 aromatic carbocycles. The zero-order valence-electron chi connectivity index (χ0n) is 16.7. The minimum Gasteiger partial charge on any atom is -0.497 e. The minimum atomic E-state index is -0.354. The molecule has 0 saturated heterocycles. The summed E-state index contributed by atoms with van der Waals surface area (Å²) in [7, 11) is 3.13. The Morgan fingerprint density at radius 3 is 2.45 bits per heavy atom. The molecule has 1 heterocycles. The number of likely N-dealkylation sites (N-methyl/N-ethyl adjacent to an activating group) is 1. The van der Waals surface area contributed by atoms with E-state index in [0.29, 0.717) is 29.3 Å². The molecule has 1 amide bonds. The lowest BCUT2D eigenvalue weighted by Gasteiger charge is -2.21. The molecular formula is C22H23N3O4. The van der Waals surface area contributed by atoms with E-state index in [-0.39, 0.29) is 18.0 Å². The maximum absolute atomic E-state index is 12.8. The molecular weight excluding hydrogens is 370 g/mol. The first-order chi connectivity index (χ1) is 14.1. The highest BCUT2D eigenvalue weighted by atomic mass is 16.5. The summed E-state index contributed by atoms with van der Waals surface area (Å²) in [6.07, 6.45) is 0. The number of rotatable bonds is 7. The molecule has 7 heteroatoms. The summed E-state index contributed by atoms with van der Waals surface area (Å²) in [5.41, 5.74) is 1.60. The molecule has 0 aliphatic heterocycles. The number of benzene rings is 2. The third kappa shape index (κ3) is 4.45. The van der Waals surface area contributed by atoms with E-state index in [1.165, 1.54) is 10.7 Å². The van der Waals surface area contributed by atoms with Crippen molar-refractivity contribution in [2.45, 2.75) is 13.5 Å². The standard InChI is InChI=1S/C22H23N3O4/c1-4-24(16-8-6-5-7-9-16)22(27)15-25-21(26)13-11-19(23-25)18-14-17(28-2)10-12-20(18)29-3/h5-14H,4,15H2,1-3H3. The predicted octanol–water partition coefficient (Wildman–Crippen LogP) is 2.98. The lowest BCUT2D eigenvalue weighted by molar-refractivity contribution is -0.119. The number of ether oxygens (including phenoxy) is 2. The van der Waals surface area contributed by atoms with Gasteiger partial charge in [-0.1, -0.05) is 18.2 Å². The van der Waals surface area contributed by atoms with E-state index in [2.05, 4.69) is 5.10 Å². The fourth-order valence-electron chi connectivity index (χ4n) is 3.04. The number of nitrogens with zero attached hydrogens (tertiary/aromatic N) is 3. The number of anilines is 1. The van der Waals surface area contributed by atoms with Gasteiger partial charge in [0.15, 0.2) is 0 Å². The Hall–Kier alpha value is -3.61. The van der Waals surface area contributed by atoms with Gasteiger partial charge >= 0.3 is 0 Å². The number of amides is 1. The summed E-state index contributed by atoms with van der Waals surface area (Å²) in [4.78, 5) is 26.8. The summed E-state index contributed by atoms with van der Waals surface area (Å²) in [5.74, 6) is 1.01. The Morgan fingerprint density at radius 2 is 1.79 bits per heavy atom. The summed E-state index contributed by atoms with van der Waals surface area (Å²) in [6, 6.07) is 17.7. The number of aromatic nitrogens is 2. The zero-order valence-corrected chi connectivity index (χ0v) is 16.7. The van der Waals surface area contributed by atoms with E-state index >= 15 is 0 Å². The summed E-state index contributed by atoms with van der Waals surface area (Å²) in [5, 5.41) is 4.40. The monoisotopic (exact) mass is 393 g/mol. The fraction of sp³-hybridized carbons (Fsp3) is 0.227. The van der Waals surface area contributed by atoms with E-state index < -0.39 is 0 Å². The number of hydrogen-bond acceptors (Lipinski definition) is 5. The second-order valence-electron chi connectivity index (χ2n) is 6.25. The van der Waals surface area contributed by atoms with Gasteiger partial charge in [0.1, 0.15) is 18.0 Å². The Balaban J connectivity index is 1.94. The van der Waals surface area contributed by atoms with Crippen LogP contribution in [0.3, 0.4) is 0 Å². The van der Waals surface area contributed by atoms with Crippen molar-refractivity contribution in [3.05, 3.63) is 71.0 Å². The molecule has 0 N–H and O–H groups in total. The Kier molecular flexibility index (Phi) is 6.29. The van der Waals surface area contributed by atoms with Crippen LogP contribution in [0.2, 0.25) is 0 Å². The van der Waals surface area contributed by atoms with E-state index in [1.807, 2.05) is 37.3 Å². The molecule has 0 aliphatic carbocycles. The van der Waals surface area contributed by atoms with Crippen molar-refractivity contribution in [1.82, 2.24) is 9.78 Å². The lowest BCUT2D eigenvalue weighted by atomic mass is 10.1. The second kappa shape index (κ2) is 9.05. The van der Waals surface area contributed by atoms with Crippen LogP contribution in [0.1, 0.15) is 6.92 Å². The van der Waals surface area contributed by atoms with Gasteiger partial charge in [-0.25, -0.2) is 4.68 Å². The quantitative estimate of drug-likeness (QED) is 0.617. The second-order valence-corrected chi connectivity index (χ2v) is 6.25. The van der Waals surface area contributed by atoms with E-state index in [4.69, 9.17) is 9.47 Å². The van der Waals surface area contributed by atoms with Crippen molar-refractivity contribution in [1.29, 1.82) is 0 Å². The third-order valence-corrected chi connectivity index (χ3v) is 4.52. The van der Waals surface area contributed by atoms with Gasteiger partial charge in [0, 0.05) is 23.9 Å². The van der Waals surface area contributed by atoms with Crippen molar-refractivity contribution in [3.8, 4) is 22.8 Å². The molecule has 0 unspecified atom stereocenters. The average Bonchev–Trinajstić information content (AvgIpc) is 2.76. The van der Waals surface area contributed by atoms with Gasteiger partial charge in [-0.15, -0.1) is 0 Å². The van der Waals surface area contributed by atoms with E-state index in [1.54, 1.807) is 43.4 Å². The number of para-hydroxylation sites is 1. The molecule has 0 bridgehead atoms. The number of carbonyl (C=O) groups excluding carboxylic acids is 1. The molecule has 0 aliphatic rings. The van der Waals surface area contributed by atoms with Gasteiger partial charge < -0.3 is 14.4 Å². The van der Waals surface area contributed by atoms with Crippen LogP contribution in [0, 0.1) is 0 Å². The Labute approximate surface area is 169 Å². The highest BCUT2D eigenvalue weighted by Gasteiger charge is 2.17. The molecule has 0 spiro atoms. The van der Waals surface area contributed by atoms with Crippen LogP contribution in [0.4, 0.5) is 5.69 Å². The first-order valence-electron chi connectivity index (χ1n) is 9.23.